The number of nitrogens with zero attached hydrogens (tertiary/aromatic N) is 2. The van der Waals surface area contributed by atoms with Crippen LogP contribution in [0.2, 0.25) is 0 Å². The van der Waals surface area contributed by atoms with Gasteiger partial charge in [0.1, 0.15) is 0 Å². The molecule has 1 aliphatic carbocycles. The molecule has 4 heteroatoms. The second kappa shape index (κ2) is 6.95. The van der Waals surface area contributed by atoms with Crippen LogP contribution >= 0.6 is 0 Å². The number of carbonyl (C=O) groups is 1. The van der Waals surface area contributed by atoms with Crippen LogP contribution in [0.25, 0.3) is 0 Å². The van der Waals surface area contributed by atoms with Gasteiger partial charge in [-0.25, -0.2) is 9.79 Å². The number of esters is 1. The molecule has 1 saturated carbocycles. The van der Waals surface area contributed by atoms with Crippen molar-refractivity contribution in [1.82, 2.24) is 4.90 Å². The van der Waals surface area contributed by atoms with Gasteiger partial charge in [-0.1, -0.05) is 6.92 Å². The Hall–Kier alpha value is -1.84. The van der Waals surface area contributed by atoms with Gasteiger partial charge < -0.3 is 9.64 Å². The van der Waals surface area contributed by atoms with Crippen LogP contribution in [0.3, 0.4) is 0 Å². The van der Waals surface area contributed by atoms with Gasteiger partial charge in [-0.2, -0.15) is 0 Å². The van der Waals surface area contributed by atoms with Crippen LogP contribution in [0.15, 0.2) is 17.1 Å². The van der Waals surface area contributed by atoms with Crippen LogP contribution in [0.1, 0.15) is 41.8 Å². The van der Waals surface area contributed by atoms with Gasteiger partial charge in [-0.05, 0) is 62.3 Å². The van der Waals surface area contributed by atoms with E-state index in [-0.39, 0.29) is 5.97 Å². The molecule has 0 heterocycles. The average molecular weight is 302 g/mol. The van der Waals surface area contributed by atoms with Crippen LogP contribution in [0, 0.1) is 25.7 Å². The zero-order chi connectivity index (χ0) is 16.3. The van der Waals surface area contributed by atoms with Gasteiger partial charge in [0.15, 0.2) is 0 Å². The lowest BCUT2D eigenvalue weighted by atomic mass is 10.0. The van der Waals surface area contributed by atoms with E-state index in [1.54, 1.807) is 0 Å². The largest absolute Gasteiger partial charge is 0.462 e. The van der Waals surface area contributed by atoms with Crippen molar-refractivity contribution in [1.29, 1.82) is 0 Å². The van der Waals surface area contributed by atoms with Crippen molar-refractivity contribution in [3.05, 3.63) is 28.8 Å². The van der Waals surface area contributed by atoms with E-state index in [0.29, 0.717) is 24.0 Å². The molecule has 2 rings (SSSR count). The normalized spacial score (nSPS) is 20.2. The molecule has 1 fully saturated rings. The molecule has 0 radical (unpaired) electrons. The zero-order valence-corrected chi connectivity index (χ0v) is 14.2. The van der Waals surface area contributed by atoms with Gasteiger partial charge in [-0.15, -0.1) is 0 Å². The summed E-state index contributed by atoms with van der Waals surface area (Å²) >= 11 is 0. The maximum atomic E-state index is 12.2. The Balaban J connectivity index is 2.08. The highest BCUT2D eigenvalue weighted by Gasteiger charge is 2.33. The van der Waals surface area contributed by atoms with E-state index in [9.17, 15) is 4.79 Å². The topological polar surface area (TPSA) is 41.9 Å². The molecule has 4 nitrogen and oxygen atoms in total. The zero-order valence-electron chi connectivity index (χ0n) is 14.2. The van der Waals surface area contributed by atoms with Crippen LogP contribution in [0.4, 0.5) is 5.69 Å². The lowest BCUT2D eigenvalue weighted by Crippen LogP contribution is -2.14. The third-order valence-electron chi connectivity index (χ3n) is 4.36. The fourth-order valence-corrected chi connectivity index (χ4v) is 2.29. The molecule has 0 N–H and O–H groups in total. The van der Waals surface area contributed by atoms with E-state index in [0.717, 1.165) is 23.4 Å². The monoisotopic (exact) mass is 302 g/mol. The van der Waals surface area contributed by atoms with E-state index < -0.39 is 0 Å². The Labute approximate surface area is 133 Å². The van der Waals surface area contributed by atoms with E-state index >= 15 is 0 Å². The molecule has 1 aromatic carbocycles. The molecule has 2 atom stereocenters. The maximum Gasteiger partial charge on any atom is 0.338 e. The van der Waals surface area contributed by atoms with Crippen molar-refractivity contribution in [2.75, 3.05) is 20.2 Å². The molecular weight excluding hydrogens is 276 g/mol. The summed E-state index contributed by atoms with van der Waals surface area (Å²) in [6.07, 6.45) is 2.98. The fraction of sp³-hybridized carbons (Fsp3) is 0.556. The summed E-state index contributed by atoms with van der Waals surface area (Å²) in [6.45, 7) is 9.61. The van der Waals surface area contributed by atoms with Gasteiger partial charge in [0, 0.05) is 13.6 Å². The lowest BCUT2D eigenvalue weighted by molar-refractivity contribution is 0.0480. The number of carbonyl (C=O) groups excluding carboxylic acids is 1. The third kappa shape index (κ3) is 4.09. The number of benzene rings is 1. The quantitative estimate of drug-likeness (QED) is 0.457. The van der Waals surface area contributed by atoms with Crippen LogP contribution in [0.5, 0.6) is 0 Å². The Bertz CT molecular complexity index is 581. The van der Waals surface area contributed by atoms with Crippen molar-refractivity contribution in [3.8, 4) is 0 Å². The number of ether oxygens (including phenoxy) is 1. The van der Waals surface area contributed by atoms with Crippen LogP contribution in [-0.2, 0) is 4.74 Å². The Kier molecular flexibility index (Phi) is 5.22. The van der Waals surface area contributed by atoms with Gasteiger partial charge >= 0.3 is 5.97 Å². The molecule has 0 spiro atoms. The first-order valence-corrected chi connectivity index (χ1v) is 7.95. The number of hydrogen-bond donors (Lipinski definition) is 0. The summed E-state index contributed by atoms with van der Waals surface area (Å²) in [6, 6.07) is 3.83. The first kappa shape index (κ1) is 16.5. The van der Waals surface area contributed by atoms with Gasteiger partial charge in [0.2, 0.25) is 0 Å². The average Bonchev–Trinajstić information content (AvgIpc) is 3.20. The van der Waals surface area contributed by atoms with E-state index in [1.807, 2.05) is 44.3 Å². The molecule has 1 aromatic rings. The number of rotatable bonds is 6. The lowest BCUT2D eigenvalue weighted by Gasteiger charge is -2.11. The Morgan fingerprint density at radius 1 is 1.41 bits per heavy atom. The second-order valence-corrected chi connectivity index (χ2v) is 6.34. The highest BCUT2D eigenvalue weighted by molar-refractivity contribution is 5.92. The van der Waals surface area contributed by atoms with Gasteiger partial charge in [0.05, 0.1) is 24.2 Å². The summed E-state index contributed by atoms with van der Waals surface area (Å²) in [7, 11) is 1.98. The van der Waals surface area contributed by atoms with Crippen molar-refractivity contribution >= 4 is 18.0 Å². The number of aliphatic imine (C=N–C) groups is 1. The van der Waals surface area contributed by atoms with Gasteiger partial charge in [-0.3, -0.25) is 0 Å². The van der Waals surface area contributed by atoms with Crippen molar-refractivity contribution in [3.63, 3.8) is 0 Å². The van der Waals surface area contributed by atoms with Crippen molar-refractivity contribution < 1.29 is 9.53 Å². The summed E-state index contributed by atoms with van der Waals surface area (Å²) in [4.78, 5) is 18.7. The Morgan fingerprint density at radius 2 is 2.09 bits per heavy atom. The summed E-state index contributed by atoms with van der Waals surface area (Å²) < 4.78 is 5.43. The standard InChI is InChI=1S/C18H26N2O2/c1-6-20(5)11-19-17-9-13(3)16(8-14(17)4)18(21)22-10-15-7-12(15)2/h8-9,11-12,15H,6-7,10H2,1-5H3/b19-11+. The molecule has 0 amide bonds. The fourth-order valence-electron chi connectivity index (χ4n) is 2.29. The summed E-state index contributed by atoms with van der Waals surface area (Å²) in [5, 5.41) is 0. The number of hydrogen-bond acceptors (Lipinski definition) is 3. The van der Waals surface area contributed by atoms with Crippen molar-refractivity contribution in [2.24, 2.45) is 16.8 Å². The molecule has 0 saturated heterocycles. The molecule has 0 aliphatic heterocycles. The smallest absolute Gasteiger partial charge is 0.338 e. The molecule has 2 unspecified atom stereocenters. The third-order valence-corrected chi connectivity index (χ3v) is 4.36. The first-order chi connectivity index (χ1) is 10.4. The summed E-state index contributed by atoms with van der Waals surface area (Å²) in [5.74, 6) is 1.03. The SMILES string of the molecule is CCN(C)/C=N/c1cc(C)c(C(=O)OCC2CC2C)cc1C. The molecule has 22 heavy (non-hydrogen) atoms. The van der Waals surface area contributed by atoms with Gasteiger partial charge in [0.25, 0.3) is 0 Å². The molecule has 1 aliphatic rings. The number of aryl methyl sites for hydroxylation is 2. The highest BCUT2D eigenvalue weighted by Crippen LogP contribution is 2.37. The second-order valence-electron chi connectivity index (χ2n) is 6.34. The predicted molar refractivity (Wildman–Crippen MR) is 89.9 cm³/mol. The Morgan fingerprint density at radius 3 is 2.68 bits per heavy atom. The van der Waals surface area contributed by atoms with Crippen molar-refractivity contribution in [2.45, 2.75) is 34.1 Å². The van der Waals surface area contributed by atoms with Crippen LogP contribution in [-0.4, -0.2) is 37.4 Å². The minimum atomic E-state index is -0.221. The maximum absolute atomic E-state index is 12.2. The minimum absolute atomic E-state index is 0.221. The summed E-state index contributed by atoms with van der Waals surface area (Å²) in [5.41, 5.74) is 3.43. The molecule has 0 bridgehead atoms. The van der Waals surface area contributed by atoms with E-state index in [2.05, 4.69) is 18.8 Å². The molecule has 0 aromatic heterocycles. The van der Waals surface area contributed by atoms with E-state index in [4.69, 9.17) is 4.74 Å². The first-order valence-electron chi connectivity index (χ1n) is 7.95. The predicted octanol–water partition coefficient (Wildman–Crippen LogP) is 3.73. The van der Waals surface area contributed by atoms with Crippen LogP contribution < -0.4 is 0 Å². The molecular formula is C18H26N2O2. The molecule has 120 valence electrons. The highest BCUT2D eigenvalue weighted by atomic mass is 16.5. The van der Waals surface area contributed by atoms with E-state index in [1.165, 1.54) is 6.42 Å². The minimum Gasteiger partial charge on any atom is -0.462 e.